The second kappa shape index (κ2) is 4.20. The van der Waals surface area contributed by atoms with Crippen LogP contribution >= 0.6 is 23.2 Å². The Kier molecular flexibility index (Phi) is 3.36. The fourth-order valence-corrected chi connectivity index (χ4v) is 1.08. The van der Waals surface area contributed by atoms with Gasteiger partial charge in [0.25, 0.3) is 5.91 Å². The number of aldehydes is 1. The predicted molar refractivity (Wildman–Crippen MR) is 56.2 cm³/mol. The monoisotopic (exact) mass is 249 g/mol. The number of carbonyl (C=O) groups is 2. The summed E-state index contributed by atoms with van der Waals surface area (Å²) < 4.78 is 0. The Morgan fingerprint density at radius 1 is 1.53 bits per heavy atom. The molecular weight excluding hydrogens is 241 g/mol. The normalized spacial score (nSPS) is 11.2. The van der Waals surface area contributed by atoms with E-state index in [0.717, 1.165) is 0 Å². The molecular formula is C8H9Cl2N3O2. The lowest BCUT2D eigenvalue weighted by molar-refractivity contribution is -0.112. The molecule has 1 aromatic heterocycles. The fraction of sp³-hybridized carbons (Fsp3) is 0.375. The molecule has 2 N–H and O–H groups in total. The van der Waals surface area contributed by atoms with Gasteiger partial charge in [0.2, 0.25) is 0 Å². The van der Waals surface area contributed by atoms with Crippen molar-refractivity contribution >= 4 is 35.4 Å². The maximum absolute atomic E-state index is 11.5. The van der Waals surface area contributed by atoms with Crippen LogP contribution in [0.15, 0.2) is 0 Å². The molecule has 0 fully saturated rings. The highest BCUT2D eigenvalue weighted by Gasteiger charge is 2.22. The number of nitrogens with one attached hydrogen (secondary N) is 2. The van der Waals surface area contributed by atoms with Gasteiger partial charge < -0.3 is 15.1 Å². The minimum Gasteiger partial charge on any atom is -0.338 e. The van der Waals surface area contributed by atoms with Crippen LogP contribution in [-0.4, -0.2) is 27.7 Å². The van der Waals surface area contributed by atoms with Crippen LogP contribution in [-0.2, 0) is 4.79 Å². The van der Waals surface area contributed by atoms with Crippen LogP contribution in [0.4, 0.5) is 0 Å². The zero-order chi connectivity index (χ0) is 11.6. The highest BCUT2D eigenvalue weighted by atomic mass is 35.5. The van der Waals surface area contributed by atoms with Gasteiger partial charge >= 0.3 is 0 Å². The summed E-state index contributed by atoms with van der Waals surface area (Å²) in [6.45, 7) is 3.12. The van der Waals surface area contributed by atoms with Crippen LogP contribution in [0.2, 0.25) is 10.3 Å². The van der Waals surface area contributed by atoms with Crippen LogP contribution in [0.3, 0.4) is 0 Å². The van der Waals surface area contributed by atoms with Crippen molar-refractivity contribution in [3.63, 3.8) is 0 Å². The number of nitrogens with zero attached hydrogens (tertiary/aromatic N) is 1. The van der Waals surface area contributed by atoms with E-state index in [0.29, 0.717) is 6.29 Å². The first-order chi connectivity index (χ1) is 6.85. The third-order valence-electron chi connectivity index (χ3n) is 1.56. The van der Waals surface area contributed by atoms with Crippen molar-refractivity contribution in [2.75, 3.05) is 0 Å². The second-order valence-electron chi connectivity index (χ2n) is 3.48. The summed E-state index contributed by atoms with van der Waals surface area (Å²) in [5.74, 6) is -0.569. The van der Waals surface area contributed by atoms with Gasteiger partial charge in [-0.15, -0.1) is 0 Å². The van der Waals surface area contributed by atoms with Gasteiger partial charge in [-0.05, 0) is 13.8 Å². The van der Waals surface area contributed by atoms with Crippen molar-refractivity contribution < 1.29 is 9.59 Å². The minimum atomic E-state index is -0.956. The number of hydrogen-bond donors (Lipinski definition) is 2. The van der Waals surface area contributed by atoms with Crippen molar-refractivity contribution in [3.8, 4) is 0 Å². The molecule has 0 unspecified atom stereocenters. The summed E-state index contributed by atoms with van der Waals surface area (Å²) in [5, 5.41) is 2.55. The van der Waals surface area contributed by atoms with E-state index in [-0.39, 0.29) is 16.1 Å². The fourth-order valence-electron chi connectivity index (χ4n) is 0.820. The number of H-pyrrole nitrogens is 1. The molecule has 0 spiro atoms. The van der Waals surface area contributed by atoms with E-state index in [1.165, 1.54) is 0 Å². The molecule has 0 aromatic carbocycles. The molecule has 15 heavy (non-hydrogen) atoms. The highest BCUT2D eigenvalue weighted by Crippen LogP contribution is 2.17. The lowest BCUT2D eigenvalue weighted by atomic mass is 10.1. The first-order valence-electron chi connectivity index (χ1n) is 4.05. The van der Waals surface area contributed by atoms with Gasteiger partial charge in [-0.3, -0.25) is 4.79 Å². The summed E-state index contributed by atoms with van der Waals surface area (Å²) in [6.07, 6.45) is 0.622. The average Bonchev–Trinajstić information content (AvgIpc) is 2.47. The molecule has 0 aliphatic heterocycles. The Morgan fingerprint density at radius 2 is 2.13 bits per heavy atom. The van der Waals surface area contributed by atoms with E-state index in [2.05, 4.69) is 15.3 Å². The van der Waals surface area contributed by atoms with E-state index < -0.39 is 11.4 Å². The lowest BCUT2D eigenvalue weighted by Crippen LogP contribution is -2.45. The highest BCUT2D eigenvalue weighted by molar-refractivity contribution is 6.40. The van der Waals surface area contributed by atoms with Crippen molar-refractivity contribution in [3.05, 3.63) is 16.1 Å². The quantitative estimate of drug-likeness (QED) is 0.796. The molecule has 0 atom stereocenters. The van der Waals surface area contributed by atoms with Crippen molar-refractivity contribution in [2.24, 2.45) is 0 Å². The molecule has 0 bridgehead atoms. The molecule has 7 heteroatoms. The van der Waals surface area contributed by atoms with Crippen molar-refractivity contribution in [1.29, 1.82) is 0 Å². The van der Waals surface area contributed by atoms with Crippen molar-refractivity contribution in [1.82, 2.24) is 15.3 Å². The van der Waals surface area contributed by atoms with Crippen LogP contribution in [0.25, 0.3) is 0 Å². The number of imidazole rings is 1. The molecule has 0 aliphatic rings. The molecule has 0 saturated heterocycles. The predicted octanol–water partition coefficient (Wildman–Crippen LogP) is 1.42. The van der Waals surface area contributed by atoms with E-state index in [9.17, 15) is 9.59 Å². The first kappa shape index (κ1) is 12.0. The summed E-state index contributed by atoms with van der Waals surface area (Å²) in [7, 11) is 0. The maximum atomic E-state index is 11.5. The van der Waals surface area contributed by atoms with Crippen LogP contribution in [0.1, 0.15) is 24.5 Å². The Bertz CT molecular complexity index is 381. The molecule has 0 aliphatic carbocycles. The molecule has 5 nitrogen and oxygen atoms in total. The third-order valence-corrected chi connectivity index (χ3v) is 2.21. The smallest absolute Gasteiger partial charge is 0.287 e. The number of rotatable bonds is 3. The van der Waals surface area contributed by atoms with Crippen LogP contribution in [0, 0.1) is 0 Å². The number of amides is 1. The zero-order valence-electron chi connectivity index (χ0n) is 8.10. The Hall–Kier alpha value is -1.07. The molecule has 1 heterocycles. The number of hydrogen-bond acceptors (Lipinski definition) is 3. The SMILES string of the molecule is CC(C)(C=O)NC(=O)c1nc(Cl)c(Cl)[nH]1. The van der Waals surface area contributed by atoms with Gasteiger partial charge in [-0.1, -0.05) is 23.2 Å². The summed E-state index contributed by atoms with van der Waals surface area (Å²) in [5.41, 5.74) is -0.956. The summed E-state index contributed by atoms with van der Waals surface area (Å²) in [6, 6.07) is 0. The number of carbonyl (C=O) groups excluding carboxylic acids is 2. The van der Waals surface area contributed by atoms with Gasteiger partial charge in [0.15, 0.2) is 11.0 Å². The molecule has 1 rings (SSSR count). The van der Waals surface area contributed by atoms with E-state index in [4.69, 9.17) is 23.2 Å². The zero-order valence-corrected chi connectivity index (χ0v) is 9.61. The van der Waals surface area contributed by atoms with E-state index >= 15 is 0 Å². The summed E-state index contributed by atoms with van der Waals surface area (Å²) >= 11 is 11.1. The number of halogens is 2. The maximum Gasteiger partial charge on any atom is 0.287 e. The number of aromatic nitrogens is 2. The Labute approximate surface area is 96.2 Å². The lowest BCUT2D eigenvalue weighted by Gasteiger charge is -2.17. The second-order valence-corrected chi connectivity index (χ2v) is 4.22. The number of aromatic amines is 1. The minimum absolute atomic E-state index is 0.0192. The summed E-state index contributed by atoms with van der Waals surface area (Å²) in [4.78, 5) is 28.2. The third kappa shape index (κ3) is 2.94. The molecule has 82 valence electrons. The topological polar surface area (TPSA) is 74.8 Å². The van der Waals surface area contributed by atoms with Crippen LogP contribution in [0.5, 0.6) is 0 Å². The van der Waals surface area contributed by atoms with Gasteiger partial charge in [-0.2, -0.15) is 0 Å². The van der Waals surface area contributed by atoms with Gasteiger partial charge in [0.1, 0.15) is 11.4 Å². The van der Waals surface area contributed by atoms with Crippen LogP contribution < -0.4 is 5.32 Å². The molecule has 0 radical (unpaired) electrons. The van der Waals surface area contributed by atoms with E-state index in [1.807, 2.05) is 0 Å². The van der Waals surface area contributed by atoms with Crippen molar-refractivity contribution in [2.45, 2.75) is 19.4 Å². The molecule has 1 aromatic rings. The molecule has 1 amide bonds. The Morgan fingerprint density at radius 3 is 2.53 bits per heavy atom. The first-order valence-corrected chi connectivity index (χ1v) is 4.81. The molecule has 0 saturated carbocycles. The van der Waals surface area contributed by atoms with E-state index in [1.54, 1.807) is 13.8 Å². The average molecular weight is 250 g/mol. The van der Waals surface area contributed by atoms with Gasteiger partial charge in [0, 0.05) is 0 Å². The standard InChI is InChI=1S/C8H9Cl2N3O2/c1-8(2,3-14)13-7(15)6-11-4(9)5(10)12-6/h3H,1-2H3,(H,11,12)(H,13,15). The largest absolute Gasteiger partial charge is 0.338 e. The Balaban J connectivity index is 2.82. The van der Waals surface area contributed by atoms with Gasteiger partial charge in [-0.25, -0.2) is 4.98 Å². The van der Waals surface area contributed by atoms with Gasteiger partial charge in [0.05, 0.1) is 5.54 Å².